The second-order valence-corrected chi connectivity index (χ2v) is 11.9. The van der Waals surface area contributed by atoms with E-state index in [0.29, 0.717) is 6.42 Å². The van der Waals surface area contributed by atoms with Gasteiger partial charge in [-0.1, -0.05) is 39.0 Å². The van der Waals surface area contributed by atoms with Crippen molar-refractivity contribution in [1.29, 1.82) is 0 Å². The third-order valence-electron chi connectivity index (χ3n) is 10.3. The van der Waals surface area contributed by atoms with E-state index in [0.717, 1.165) is 24.8 Å². The standard InChI is InChI=1S/C25H34O5/c1-14-21(5)12-17-22(6)10-9-18(26)30-20(3,4)16(22)8-11-23(17,7)25(14)19(27)29-15(2)24(25,28)13-21/h9-10,15-17,28H,1,8,11-13H2,2-7H3/t15-,16-,17+,21+,22-,23+,24+,25+/m1/s1. The van der Waals surface area contributed by atoms with Crippen molar-refractivity contribution in [3.63, 3.8) is 0 Å². The quantitative estimate of drug-likeness (QED) is 0.480. The molecule has 3 aliphatic carbocycles. The SMILES string of the molecule is C=C1[C@@]2(C)C[C@H]3[C@]4(C)C=CC(=O)OC(C)(C)[C@H]4CC[C@]3(C)[C@@]13C(=O)O[C@H](C)[C@@]3(O)C2. The zero-order chi connectivity index (χ0) is 22.1. The molecule has 1 N–H and O–H groups in total. The normalized spacial score (nSPS) is 55.8. The van der Waals surface area contributed by atoms with E-state index in [1.165, 1.54) is 0 Å². The summed E-state index contributed by atoms with van der Waals surface area (Å²) in [5.74, 6) is -0.421. The Bertz CT molecular complexity index is 918. The number of aliphatic hydroxyl groups is 1. The summed E-state index contributed by atoms with van der Waals surface area (Å²) >= 11 is 0. The highest BCUT2D eigenvalue weighted by Gasteiger charge is 2.85. The molecule has 2 bridgehead atoms. The Balaban J connectivity index is 1.77. The summed E-state index contributed by atoms with van der Waals surface area (Å²) in [6.45, 7) is 16.8. The first-order chi connectivity index (χ1) is 13.7. The van der Waals surface area contributed by atoms with E-state index in [4.69, 9.17) is 9.47 Å². The summed E-state index contributed by atoms with van der Waals surface area (Å²) in [7, 11) is 0. The second kappa shape index (κ2) is 5.23. The van der Waals surface area contributed by atoms with Crippen LogP contribution in [0.1, 0.15) is 67.2 Å². The van der Waals surface area contributed by atoms with Gasteiger partial charge in [-0.25, -0.2) is 4.79 Å². The number of cyclic esters (lactones) is 2. The van der Waals surface area contributed by atoms with Gasteiger partial charge in [0.1, 0.15) is 22.7 Å². The molecule has 164 valence electrons. The van der Waals surface area contributed by atoms with Crippen LogP contribution in [-0.2, 0) is 19.1 Å². The lowest BCUT2D eigenvalue weighted by molar-refractivity contribution is -0.196. The van der Waals surface area contributed by atoms with E-state index in [1.54, 1.807) is 6.08 Å². The number of esters is 2. The fraction of sp³-hybridized carbons (Fsp3) is 0.760. The van der Waals surface area contributed by atoms with Crippen molar-refractivity contribution in [3.05, 3.63) is 24.3 Å². The third-order valence-corrected chi connectivity index (χ3v) is 10.3. The average molecular weight is 415 g/mol. The average Bonchev–Trinajstić information content (AvgIpc) is 2.84. The number of allylic oxidation sites excluding steroid dienone is 1. The van der Waals surface area contributed by atoms with Gasteiger partial charge in [-0.15, -0.1) is 0 Å². The van der Waals surface area contributed by atoms with Crippen molar-refractivity contribution in [2.45, 2.75) is 84.5 Å². The molecule has 5 heteroatoms. The van der Waals surface area contributed by atoms with Gasteiger partial charge in [0, 0.05) is 12.0 Å². The van der Waals surface area contributed by atoms with E-state index in [9.17, 15) is 14.7 Å². The van der Waals surface area contributed by atoms with Crippen LogP contribution < -0.4 is 0 Å². The molecule has 0 aromatic rings. The van der Waals surface area contributed by atoms with Crippen molar-refractivity contribution >= 4 is 11.9 Å². The van der Waals surface area contributed by atoms with Crippen LogP contribution in [-0.4, -0.2) is 34.4 Å². The van der Waals surface area contributed by atoms with Gasteiger partial charge in [-0.05, 0) is 68.6 Å². The largest absolute Gasteiger partial charge is 0.459 e. The number of fused-ring (bicyclic) bond motifs is 4. The molecule has 0 radical (unpaired) electrons. The molecule has 2 aliphatic heterocycles. The van der Waals surface area contributed by atoms with Gasteiger partial charge in [0.05, 0.1) is 0 Å². The molecule has 8 atom stereocenters. The highest BCUT2D eigenvalue weighted by atomic mass is 16.6. The molecular formula is C25H34O5. The molecule has 1 spiro atoms. The molecule has 2 heterocycles. The van der Waals surface area contributed by atoms with Gasteiger partial charge in [-0.2, -0.15) is 0 Å². The van der Waals surface area contributed by atoms with Gasteiger partial charge in [0.15, 0.2) is 0 Å². The molecular weight excluding hydrogens is 380 g/mol. The van der Waals surface area contributed by atoms with Crippen LogP contribution >= 0.6 is 0 Å². The maximum absolute atomic E-state index is 13.6. The van der Waals surface area contributed by atoms with Crippen LogP contribution in [0.15, 0.2) is 24.3 Å². The number of rotatable bonds is 0. The lowest BCUT2D eigenvalue weighted by Crippen LogP contribution is -2.66. The highest BCUT2D eigenvalue weighted by molar-refractivity contribution is 5.89. The Labute approximate surface area is 178 Å². The Hall–Kier alpha value is -1.62. The van der Waals surface area contributed by atoms with Crippen LogP contribution in [0.5, 0.6) is 0 Å². The van der Waals surface area contributed by atoms with Crippen LogP contribution in [0.25, 0.3) is 0 Å². The summed E-state index contributed by atoms with van der Waals surface area (Å²) in [5.41, 5.74) is -3.35. The number of hydrogen-bond donors (Lipinski definition) is 1. The van der Waals surface area contributed by atoms with E-state index in [-0.39, 0.29) is 34.6 Å². The minimum atomic E-state index is -1.25. The number of ether oxygens (including phenoxy) is 2. The van der Waals surface area contributed by atoms with Crippen LogP contribution in [0.3, 0.4) is 0 Å². The third kappa shape index (κ3) is 1.83. The minimum Gasteiger partial charge on any atom is -0.459 e. The Morgan fingerprint density at radius 2 is 1.80 bits per heavy atom. The lowest BCUT2D eigenvalue weighted by Gasteiger charge is -2.65. The fourth-order valence-electron chi connectivity index (χ4n) is 9.05. The summed E-state index contributed by atoms with van der Waals surface area (Å²) in [4.78, 5) is 26.0. The molecule has 0 aromatic carbocycles. The van der Waals surface area contributed by atoms with E-state index >= 15 is 0 Å². The van der Waals surface area contributed by atoms with Crippen LogP contribution in [0, 0.1) is 33.5 Å². The summed E-state index contributed by atoms with van der Waals surface area (Å²) in [6, 6.07) is 0. The molecule has 0 amide bonds. The summed E-state index contributed by atoms with van der Waals surface area (Å²) < 4.78 is 11.6. The van der Waals surface area contributed by atoms with Crippen LogP contribution in [0.4, 0.5) is 0 Å². The van der Waals surface area contributed by atoms with E-state index < -0.39 is 28.1 Å². The van der Waals surface area contributed by atoms with Crippen molar-refractivity contribution in [2.24, 2.45) is 33.5 Å². The maximum atomic E-state index is 13.6. The second-order valence-electron chi connectivity index (χ2n) is 11.9. The van der Waals surface area contributed by atoms with Crippen molar-refractivity contribution < 1.29 is 24.2 Å². The summed E-state index contributed by atoms with van der Waals surface area (Å²) in [5, 5.41) is 12.0. The van der Waals surface area contributed by atoms with Gasteiger partial charge in [-0.3, -0.25) is 4.79 Å². The number of carbonyl (C=O) groups excluding carboxylic acids is 2. The molecule has 30 heavy (non-hydrogen) atoms. The molecule has 5 nitrogen and oxygen atoms in total. The molecule has 0 unspecified atom stereocenters. The highest BCUT2D eigenvalue weighted by Crippen LogP contribution is 2.81. The van der Waals surface area contributed by atoms with E-state index in [2.05, 4.69) is 27.4 Å². The smallest absolute Gasteiger partial charge is 0.330 e. The first kappa shape index (κ1) is 20.3. The van der Waals surface area contributed by atoms with Gasteiger partial charge in [0.2, 0.25) is 0 Å². The molecule has 0 aromatic heterocycles. The Kier molecular flexibility index (Phi) is 3.54. The van der Waals surface area contributed by atoms with Gasteiger partial charge >= 0.3 is 11.9 Å². The van der Waals surface area contributed by atoms with Crippen LogP contribution in [0.2, 0.25) is 0 Å². The number of hydrogen-bond acceptors (Lipinski definition) is 5. The first-order valence-electron chi connectivity index (χ1n) is 11.2. The van der Waals surface area contributed by atoms with Gasteiger partial charge in [0.25, 0.3) is 0 Å². The molecule has 5 rings (SSSR count). The predicted octanol–water partition coefficient (Wildman–Crippen LogP) is 3.95. The first-order valence-corrected chi connectivity index (χ1v) is 11.2. The van der Waals surface area contributed by atoms with Crippen molar-refractivity contribution in [2.75, 3.05) is 0 Å². The van der Waals surface area contributed by atoms with Crippen molar-refractivity contribution in [3.8, 4) is 0 Å². The Morgan fingerprint density at radius 1 is 1.13 bits per heavy atom. The predicted molar refractivity (Wildman–Crippen MR) is 111 cm³/mol. The minimum absolute atomic E-state index is 0.0798. The zero-order valence-electron chi connectivity index (χ0n) is 19.0. The van der Waals surface area contributed by atoms with Crippen molar-refractivity contribution in [1.82, 2.24) is 0 Å². The molecule has 1 saturated heterocycles. The topological polar surface area (TPSA) is 72.8 Å². The molecule has 4 fully saturated rings. The lowest BCUT2D eigenvalue weighted by atomic mass is 9.37. The Morgan fingerprint density at radius 3 is 2.47 bits per heavy atom. The molecule has 5 aliphatic rings. The zero-order valence-corrected chi connectivity index (χ0v) is 19.0. The van der Waals surface area contributed by atoms with E-state index in [1.807, 2.05) is 26.8 Å². The summed E-state index contributed by atoms with van der Waals surface area (Å²) in [6.07, 6.45) is 5.92. The molecule has 3 saturated carbocycles. The van der Waals surface area contributed by atoms with Gasteiger partial charge < -0.3 is 14.6 Å². The maximum Gasteiger partial charge on any atom is 0.330 e. The number of carbonyl (C=O) groups is 2. The monoisotopic (exact) mass is 414 g/mol. The fourth-order valence-corrected chi connectivity index (χ4v) is 9.05.